The first-order valence-electron chi connectivity index (χ1n) is 39.8. The van der Waals surface area contributed by atoms with Gasteiger partial charge in [-0.2, -0.15) is 0 Å². The number of carbonyl (C=O) groups excluding carboxylic acids is 3. The number of piperidine rings is 2. The van der Waals surface area contributed by atoms with Gasteiger partial charge in [0.1, 0.15) is 81.6 Å². The summed E-state index contributed by atoms with van der Waals surface area (Å²) in [5.41, 5.74) is 7.54. The molecule has 27 nitrogen and oxygen atoms in total. The Kier molecular flexibility index (Phi) is 28.9. The number of hydrogen-bond donors (Lipinski definition) is 4. The van der Waals surface area contributed by atoms with E-state index in [1.165, 1.54) is 42.8 Å². The molecule has 0 spiro atoms. The van der Waals surface area contributed by atoms with Crippen LogP contribution in [0.25, 0.3) is 55.1 Å². The fraction of sp³-hybridized carbons (Fsp3) is 0.289. The minimum Gasteiger partial charge on any atom is -0.493 e. The van der Waals surface area contributed by atoms with Crippen LogP contribution in [0, 0.1) is 17.6 Å². The van der Waals surface area contributed by atoms with Crippen LogP contribution in [0.15, 0.2) is 225 Å². The molecule has 0 atom stereocenters. The molecule has 14 aromatic rings. The summed E-state index contributed by atoms with van der Waals surface area (Å²) in [5.74, 6) is 3.62. The standard InChI is InChI=1S/C25H32N4O4.C24H18N4O2.C21H21ClFN3O3.C20H19ClFN3O4/c1-25(2,3)32-24(30)29-14-11-18(12-15-29)7-6-16-31-20-9-4-10-21-22(20)23(28-33-21)27-19-8-5-13-26-17-19;1-2-6-18(7-3-1)20-14-17(11-13-26-20)16-29-21-9-4-10-22-23(21)24(28-30-22)27-19-8-5-12-25-15-19;22-16-8-7-15(23)11-14(16)13-28-17-5-4-6-18-20(17)21(25-29-18)24-19(27)12-26-9-2-1-3-10-26;21-15-5-4-14(22)10-13(15)12-28-16-2-1-3-17-19(16)20(24-29-17)23-18(26)11-25-6-8-27-9-7-25/h4-5,8-10,13,17-18H,6-7,11-12,14-16H2,1-3H3,(H,27,28);1-15H,16H2,(H,27,28);4-8,11H,1-3,9-10,12-13H2,(H,24,25,27);1-5,10H,6-9,11-12H2,(H,23,24,26). The van der Waals surface area contributed by atoms with Gasteiger partial charge in [-0.3, -0.25) is 34.3 Å². The molecule has 17 rings (SSSR count). The average Bonchev–Trinajstić information content (AvgIpc) is 1.68. The molecule has 7 aromatic heterocycles. The lowest BCUT2D eigenvalue weighted by molar-refractivity contribution is -0.118. The van der Waals surface area contributed by atoms with Crippen molar-refractivity contribution in [1.82, 2.24) is 50.3 Å². The number of nitrogens with zero attached hydrogens (tertiary/aromatic N) is 10. The number of carbonyl (C=O) groups is 3. The molecule has 0 bridgehead atoms. The highest BCUT2D eigenvalue weighted by molar-refractivity contribution is 6.31. The molecule has 4 N–H and O–H groups in total. The average molecular weight is 1680 g/mol. The van der Waals surface area contributed by atoms with Crippen LogP contribution in [0.1, 0.15) is 82.4 Å². The van der Waals surface area contributed by atoms with Gasteiger partial charge < -0.3 is 72.7 Å². The molecule has 7 aromatic carbocycles. The van der Waals surface area contributed by atoms with Gasteiger partial charge in [-0.05, 0) is 205 Å². The lowest BCUT2D eigenvalue weighted by Crippen LogP contribution is -2.41. The van der Waals surface area contributed by atoms with Crippen molar-refractivity contribution >= 4 is 120 Å². The lowest BCUT2D eigenvalue weighted by atomic mass is 9.92. The highest BCUT2D eigenvalue weighted by atomic mass is 35.5. The number of morpholine rings is 1. The first-order valence-corrected chi connectivity index (χ1v) is 40.6. The van der Waals surface area contributed by atoms with Gasteiger partial charge >= 0.3 is 6.09 Å². The Bertz CT molecular complexity index is 5600. The molecule has 0 radical (unpaired) electrons. The minimum atomic E-state index is -0.452. The third kappa shape index (κ3) is 23.6. The Morgan fingerprint density at radius 1 is 0.496 bits per heavy atom. The summed E-state index contributed by atoms with van der Waals surface area (Å²) in [7, 11) is 0. The van der Waals surface area contributed by atoms with E-state index < -0.39 is 11.4 Å². The van der Waals surface area contributed by atoms with Crippen LogP contribution >= 0.6 is 23.2 Å². The van der Waals surface area contributed by atoms with Crippen LogP contribution in [0.3, 0.4) is 0 Å². The maximum atomic E-state index is 13.5. The number of anilines is 6. The second-order valence-electron chi connectivity index (χ2n) is 29.9. The maximum absolute atomic E-state index is 13.5. The summed E-state index contributed by atoms with van der Waals surface area (Å²) in [4.78, 5) is 55.8. The summed E-state index contributed by atoms with van der Waals surface area (Å²) >= 11 is 12.2. The second-order valence-corrected chi connectivity index (χ2v) is 30.7. The van der Waals surface area contributed by atoms with E-state index in [0.717, 1.165) is 109 Å². The quantitative estimate of drug-likeness (QED) is 0.0386. The molecule has 121 heavy (non-hydrogen) atoms. The molecule has 10 heterocycles. The predicted molar refractivity (Wildman–Crippen MR) is 457 cm³/mol. The zero-order chi connectivity index (χ0) is 83.9. The molecular formula is C90H90Cl2F2N14O13. The van der Waals surface area contributed by atoms with E-state index >= 15 is 0 Å². The number of ether oxygens (including phenoxy) is 6. The van der Waals surface area contributed by atoms with Crippen LogP contribution < -0.4 is 40.2 Å². The van der Waals surface area contributed by atoms with E-state index in [4.69, 9.17) is 69.7 Å². The predicted octanol–water partition coefficient (Wildman–Crippen LogP) is 19.5. The van der Waals surface area contributed by atoms with E-state index in [-0.39, 0.29) is 49.3 Å². The Morgan fingerprint density at radius 2 is 0.967 bits per heavy atom. The zero-order valence-electron chi connectivity index (χ0n) is 66.8. The van der Waals surface area contributed by atoms with Crippen LogP contribution in [-0.2, 0) is 38.9 Å². The summed E-state index contributed by atoms with van der Waals surface area (Å²) in [6, 6.07) is 51.7. The van der Waals surface area contributed by atoms with Gasteiger partial charge in [-0.1, -0.05) is 105 Å². The molecule has 0 aliphatic carbocycles. The van der Waals surface area contributed by atoms with Gasteiger partial charge in [-0.25, -0.2) is 13.6 Å². The van der Waals surface area contributed by atoms with E-state index in [0.29, 0.717) is 141 Å². The largest absolute Gasteiger partial charge is 0.493 e. The fourth-order valence-corrected chi connectivity index (χ4v) is 14.2. The molecule has 3 fully saturated rings. The minimum absolute atomic E-state index is 0.0576. The van der Waals surface area contributed by atoms with Gasteiger partial charge in [0.25, 0.3) is 0 Å². The zero-order valence-corrected chi connectivity index (χ0v) is 68.4. The number of benzene rings is 7. The molecule has 0 unspecified atom stereocenters. The summed E-state index contributed by atoms with van der Waals surface area (Å²) in [6.45, 7) is 13.4. The monoisotopic (exact) mass is 1680 g/mol. The smallest absolute Gasteiger partial charge is 0.410 e. The third-order valence-corrected chi connectivity index (χ3v) is 20.6. The number of fused-ring (bicyclic) bond motifs is 4. The number of hydrogen-bond acceptors (Lipinski definition) is 24. The summed E-state index contributed by atoms with van der Waals surface area (Å²) in [5, 5.41) is 31.9. The lowest BCUT2D eigenvalue weighted by Gasteiger charge is -2.33. The van der Waals surface area contributed by atoms with Gasteiger partial charge in [0.05, 0.1) is 62.4 Å². The maximum Gasteiger partial charge on any atom is 0.410 e. The first kappa shape index (κ1) is 84.6. The number of likely N-dealkylation sites (tertiary alicyclic amines) is 2. The molecule has 3 aliphatic heterocycles. The number of amides is 3. The molecule has 31 heteroatoms. The Labute approximate surface area is 705 Å². The summed E-state index contributed by atoms with van der Waals surface area (Å²) < 4.78 is 83.3. The topological polar surface area (TPSA) is 307 Å². The van der Waals surface area contributed by atoms with Gasteiger partial charge in [-0.15, -0.1) is 0 Å². The van der Waals surface area contributed by atoms with Crippen LogP contribution in [0.4, 0.5) is 48.2 Å². The molecule has 3 saturated heterocycles. The number of aromatic nitrogens is 7. The van der Waals surface area contributed by atoms with Crippen molar-refractivity contribution in [3.63, 3.8) is 0 Å². The van der Waals surface area contributed by atoms with E-state index in [2.05, 4.69) is 61.7 Å². The van der Waals surface area contributed by atoms with Crippen molar-refractivity contribution in [2.24, 2.45) is 5.92 Å². The van der Waals surface area contributed by atoms with E-state index in [1.807, 2.05) is 134 Å². The van der Waals surface area contributed by atoms with Gasteiger partial charge in [0, 0.05) is 71.5 Å². The van der Waals surface area contributed by atoms with Crippen molar-refractivity contribution in [2.45, 2.75) is 91.1 Å². The van der Waals surface area contributed by atoms with Crippen molar-refractivity contribution in [2.75, 3.05) is 93.4 Å². The van der Waals surface area contributed by atoms with E-state index in [1.54, 1.807) is 67.4 Å². The van der Waals surface area contributed by atoms with Crippen molar-refractivity contribution in [3.05, 3.63) is 245 Å². The highest BCUT2D eigenvalue weighted by Gasteiger charge is 2.28. The highest BCUT2D eigenvalue weighted by Crippen LogP contribution is 2.39. The normalized spacial score (nSPS) is 13.9. The number of pyridine rings is 3. The molecule has 3 aliphatic rings. The number of rotatable bonds is 25. The first-order chi connectivity index (χ1) is 58.9. The van der Waals surface area contributed by atoms with Gasteiger partial charge in [0.2, 0.25) is 11.8 Å². The summed E-state index contributed by atoms with van der Waals surface area (Å²) in [6.07, 6.45) is 16.0. The Hall–Kier alpha value is -12.8. The van der Waals surface area contributed by atoms with Crippen LogP contribution in [-0.4, -0.2) is 146 Å². The van der Waals surface area contributed by atoms with E-state index in [9.17, 15) is 23.2 Å². The Balaban J connectivity index is 0.000000132. The van der Waals surface area contributed by atoms with Gasteiger partial charge in [0.15, 0.2) is 45.6 Å². The molecule has 0 saturated carbocycles. The van der Waals surface area contributed by atoms with Crippen molar-refractivity contribution in [3.8, 4) is 34.3 Å². The molecular weight excluding hydrogens is 1590 g/mol. The molecule has 626 valence electrons. The van der Waals surface area contributed by atoms with Crippen molar-refractivity contribution in [1.29, 1.82) is 0 Å². The SMILES string of the molecule is CC(C)(C)OC(=O)N1CCC(CCCOc2cccc3onc(Nc4cccnc4)c23)CC1.O=C(CN1CCCCC1)Nc1noc2cccc(OCc3cc(F)ccc3Cl)c12.O=C(CN1CCOCC1)Nc1noc2cccc(OCc3cc(F)ccc3Cl)c12.c1ccc(-c2cc(COc3cccc4onc(Nc5cccnc5)c34)ccn2)cc1. The third-order valence-electron chi connectivity index (χ3n) is 19.8. The van der Waals surface area contributed by atoms with Crippen LogP contribution in [0.2, 0.25) is 10.0 Å². The second kappa shape index (κ2) is 41.3. The number of halogens is 4. The van der Waals surface area contributed by atoms with Crippen molar-refractivity contribution < 1.29 is 69.7 Å². The molecule has 3 amide bonds. The number of nitrogens with one attached hydrogen (secondary N) is 4. The van der Waals surface area contributed by atoms with Crippen LogP contribution in [0.5, 0.6) is 23.0 Å². The fourth-order valence-electron chi connectivity index (χ4n) is 13.8. The Morgan fingerprint density at radius 3 is 1.45 bits per heavy atom.